The fourth-order valence-corrected chi connectivity index (χ4v) is 6.46. The molecule has 1 atom stereocenters. The molecule has 3 aliphatic heterocycles. The summed E-state index contributed by atoms with van der Waals surface area (Å²) < 4.78 is 64.5. The molecular weight excluding hydrogens is 506 g/mol. The Hall–Kier alpha value is -3.10. The average molecular weight is 540 g/mol. The van der Waals surface area contributed by atoms with Crippen molar-refractivity contribution >= 4 is 5.69 Å². The number of ether oxygens (including phenoxy) is 1. The minimum atomic E-state index is -2.62. The lowest BCUT2D eigenvalue weighted by atomic mass is 9.73. The minimum Gasteiger partial charge on any atom is -0.489 e. The maximum absolute atomic E-state index is 15.7. The van der Waals surface area contributed by atoms with E-state index in [1.165, 1.54) is 17.0 Å². The number of anilines is 1. The van der Waals surface area contributed by atoms with E-state index in [9.17, 15) is 8.78 Å². The number of fused-ring (bicyclic) bond motifs is 1. The summed E-state index contributed by atoms with van der Waals surface area (Å²) in [5.41, 5.74) is 3.01. The van der Waals surface area contributed by atoms with E-state index in [2.05, 4.69) is 5.32 Å². The lowest BCUT2D eigenvalue weighted by molar-refractivity contribution is 0.0686. The van der Waals surface area contributed by atoms with Crippen LogP contribution in [0.25, 0.3) is 0 Å². The topological polar surface area (TPSA) is 27.7 Å². The SMILES string of the molecule is Fc1cc(N2CC3(CCCNC3)C2)cc(F)c1C1c2ccc(OCc3ccccc3)cc2CCN1CC(F)F. The molecule has 4 nitrogen and oxygen atoms in total. The molecule has 0 saturated carbocycles. The van der Waals surface area contributed by atoms with Gasteiger partial charge in [-0.2, -0.15) is 0 Å². The molecule has 3 aromatic rings. The van der Waals surface area contributed by atoms with Crippen molar-refractivity contribution in [1.29, 1.82) is 0 Å². The van der Waals surface area contributed by atoms with Crippen LogP contribution >= 0.6 is 0 Å². The number of halogens is 4. The molecule has 1 unspecified atom stereocenters. The summed E-state index contributed by atoms with van der Waals surface area (Å²) >= 11 is 0. The standard InChI is InChI=1S/C31H33F4N3O/c32-26-14-23(38-19-31(20-38)10-4-11-36-18-31)15-27(33)29(26)30-25-8-7-24(39-17-21-5-2-1-3-6-21)13-22(25)9-12-37(30)16-28(34)35/h1-3,5-8,13-15,28,30,36H,4,9-12,16-20H2. The van der Waals surface area contributed by atoms with Gasteiger partial charge in [0.1, 0.15) is 24.0 Å². The van der Waals surface area contributed by atoms with Crippen molar-refractivity contribution in [3.05, 3.63) is 94.6 Å². The molecule has 3 aliphatic rings. The first kappa shape index (κ1) is 26.1. The van der Waals surface area contributed by atoms with E-state index in [1.807, 2.05) is 41.3 Å². The van der Waals surface area contributed by atoms with Crippen LogP contribution in [0.4, 0.5) is 23.2 Å². The van der Waals surface area contributed by atoms with E-state index in [4.69, 9.17) is 4.74 Å². The number of alkyl halides is 2. The molecule has 3 heterocycles. The van der Waals surface area contributed by atoms with Crippen molar-refractivity contribution in [3.8, 4) is 5.75 Å². The lowest BCUT2D eigenvalue weighted by Crippen LogP contribution is -2.62. The van der Waals surface area contributed by atoms with Gasteiger partial charge in [-0.1, -0.05) is 36.4 Å². The van der Waals surface area contributed by atoms with Crippen LogP contribution < -0.4 is 15.0 Å². The van der Waals surface area contributed by atoms with Gasteiger partial charge in [0.05, 0.1) is 12.6 Å². The van der Waals surface area contributed by atoms with Crippen molar-refractivity contribution < 1.29 is 22.3 Å². The Morgan fingerprint density at radius 1 is 1.00 bits per heavy atom. The number of hydrogen-bond donors (Lipinski definition) is 1. The maximum Gasteiger partial charge on any atom is 0.251 e. The summed E-state index contributed by atoms with van der Waals surface area (Å²) in [6.07, 6.45) is 0.0919. The molecule has 8 heteroatoms. The van der Waals surface area contributed by atoms with Gasteiger partial charge in [0.25, 0.3) is 6.43 Å². The minimum absolute atomic E-state index is 0.167. The van der Waals surface area contributed by atoms with Gasteiger partial charge in [-0.25, -0.2) is 17.6 Å². The van der Waals surface area contributed by atoms with E-state index >= 15 is 8.78 Å². The number of nitrogens with one attached hydrogen (secondary N) is 1. The Morgan fingerprint density at radius 3 is 2.46 bits per heavy atom. The molecule has 0 bridgehead atoms. The molecular formula is C31H33F4N3O. The zero-order valence-electron chi connectivity index (χ0n) is 21.8. The highest BCUT2D eigenvalue weighted by Gasteiger charge is 2.44. The van der Waals surface area contributed by atoms with Crippen LogP contribution in [0.1, 0.15) is 41.1 Å². The van der Waals surface area contributed by atoms with Crippen molar-refractivity contribution in [2.24, 2.45) is 5.41 Å². The Labute approximate surface area is 226 Å². The van der Waals surface area contributed by atoms with Crippen LogP contribution in [0, 0.1) is 17.0 Å². The number of nitrogens with zero attached hydrogens (tertiary/aromatic N) is 2. The monoisotopic (exact) mass is 539 g/mol. The van der Waals surface area contributed by atoms with E-state index in [0.29, 0.717) is 30.0 Å². The van der Waals surface area contributed by atoms with Crippen molar-refractivity contribution in [3.63, 3.8) is 0 Å². The molecule has 0 aliphatic carbocycles. The second kappa shape index (κ2) is 10.8. The first-order chi connectivity index (χ1) is 18.9. The van der Waals surface area contributed by atoms with Gasteiger partial charge in [0, 0.05) is 42.8 Å². The third-order valence-corrected chi connectivity index (χ3v) is 8.38. The Bertz CT molecular complexity index is 1280. The smallest absolute Gasteiger partial charge is 0.251 e. The number of benzene rings is 3. The number of hydrogen-bond acceptors (Lipinski definition) is 4. The van der Waals surface area contributed by atoms with Crippen LogP contribution in [0.2, 0.25) is 0 Å². The van der Waals surface area contributed by atoms with Gasteiger partial charge in [-0.15, -0.1) is 0 Å². The number of piperidine rings is 1. The molecule has 1 N–H and O–H groups in total. The summed E-state index contributed by atoms with van der Waals surface area (Å²) in [5, 5.41) is 3.42. The van der Waals surface area contributed by atoms with E-state index in [0.717, 1.165) is 50.1 Å². The van der Waals surface area contributed by atoms with Gasteiger partial charge >= 0.3 is 0 Å². The van der Waals surface area contributed by atoms with Gasteiger partial charge in [-0.05, 0) is 66.8 Å². The highest BCUT2D eigenvalue weighted by molar-refractivity contribution is 5.54. The largest absolute Gasteiger partial charge is 0.489 e. The molecule has 1 spiro atoms. The molecule has 0 radical (unpaired) electrons. The summed E-state index contributed by atoms with van der Waals surface area (Å²) in [4.78, 5) is 3.50. The fourth-order valence-electron chi connectivity index (χ4n) is 6.46. The predicted molar refractivity (Wildman–Crippen MR) is 143 cm³/mol. The second-order valence-electron chi connectivity index (χ2n) is 11.1. The predicted octanol–water partition coefficient (Wildman–Crippen LogP) is 5.95. The molecule has 39 heavy (non-hydrogen) atoms. The van der Waals surface area contributed by atoms with Crippen LogP contribution in [0.5, 0.6) is 5.75 Å². The third kappa shape index (κ3) is 5.37. The molecule has 3 aromatic carbocycles. The molecule has 0 amide bonds. The van der Waals surface area contributed by atoms with Crippen LogP contribution in [0.15, 0.2) is 60.7 Å². The van der Waals surface area contributed by atoms with Crippen LogP contribution in [-0.2, 0) is 13.0 Å². The summed E-state index contributed by atoms with van der Waals surface area (Å²) in [6, 6.07) is 16.9. The Kier molecular flexibility index (Phi) is 7.25. The highest BCUT2D eigenvalue weighted by Crippen LogP contribution is 2.43. The highest BCUT2D eigenvalue weighted by atomic mass is 19.3. The van der Waals surface area contributed by atoms with Gasteiger partial charge in [-0.3, -0.25) is 4.90 Å². The Balaban J connectivity index is 1.27. The van der Waals surface area contributed by atoms with Crippen molar-refractivity contribution in [2.45, 2.75) is 38.3 Å². The molecule has 2 fully saturated rings. The van der Waals surface area contributed by atoms with Crippen molar-refractivity contribution in [2.75, 3.05) is 44.2 Å². The van der Waals surface area contributed by atoms with E-state index in [1.54, 1.807) is 12.1 Å². The number of rotatable bonds is 7. The quantitative estimate of drug-likeness (QED) is 0.376. The Morgan fingerprint density at radius 2 is 1.77 bits per heavy atom. The van der Waals surface area contributed by atoms with Gasteiger partial charge in [0.15, 0.2) is 0 Å². The average Bonchev–Trinajstić information content (AvgIpc) is 2.91. The van der Waals surface area contributed by atoms with E-state index < -0.39 is 30.6 Å². The van der Waals surface area contributed by atoms with Crippen molar-refractivity contribution in [1.82, 2.24) is 10.2 Å². The molecule has 2 saturated heterocycles. The molecule has 6 rings (SSSR count). The zero-order valence-corrected chi connectivity index (χ0v) is 21.8. The summed E-state index contributed by atoms with van der Waals surface area (Å²) in [5.74, 6) is -0.762. The lowest BCUT2D eigenvalue weighted by Gasteiger charge is -2.53. The summed E-state index contributed by atoms with van der Waals surface area (Å²) in [7, 11) is 0. The fraction of sp³-hybridized carbons (Fsp3) is 0.419. The normalized spacial score (nSPS) is 20.6. The van der Waals surface area contributed by atoms with Crippen LogP contribution in [0.3, 0.4) is 0 Å². The summed E-state index contributed by atoms with van der Waals surface area (Å²) in [6.45, 7) is 3.55. The van der Waals surface area contributed by atoms with Crippen LogP contribution in [-0.4, -0.2) is 50.6 Å². The maximum atomic E-state index is 15.7. The first-order valence-electron chi connectivity index (χ1n) is 13.7. The third-order valence-electron chi connectivity index (χ3n) is 8.38. The molecule has 0 aromatic heterocycles. The molecule has 206 valence electrons. The van der Waals surface area contributed by atoms with Gasteiger partial charge < -0.3 is 15.0 Å². The second-order valence-corrected chi connectivity index (χ2v) is 11.1. The first-order valence-corrected chi connectivity index (χ1v) is 13.7. The zero-order chi connectivity index (χ0) is 27.0. The van der Waals surface area contributed by atoms with Gasteiger partial charge in [0.2, 0.25) is 0 Å². The van der Waals surface area contributed by atoms with E-state index in [-0.39, 0.29) is 17.5 Å².